The zero-order chi connectivity index (χ0) is 10.7. The molecule has 1 aromatic carbocycles. The smallest absolute Gasteiger partial charge is 0.176 e. The van der Waals surface area contributed by atoms with Gasteiger partial charge >= 0.3 is 0 Å². The largest absolute Gasteiger partial charge is 0.496 e. The molecule has 0 spiro atoms. The minimum absolute atomic E-state index is 0.0126. The second-order valence-corrected chi connectivity index (χ2v) is 3.77. The van der Waals surface area contributed by atoms with Crippen molar-refractivity contribution in [1.29, 1.82) is 0 Å². The van der Waals surface area contributed by atoms with Crippen molar-refractivity contribution in [1.82, 2.24) is 0 Å². The summed E-state index contributed by atoms with van der Waals surface area (Å²) in [7, 11) is 1.57. The monoisotopic (exact) mass is 257 g/mol. The predicted octanol–water partition coefficient (Wildman–Crippen LogP) is 1.91. The van der Waals surface area contributed by atoms with E-state index < -0.39 is 0 Å². The minimum atomic E-state index is -0.0935. The van der Waals surface area contributed by atoms with E-state index in [0.717, 1.165) is 10.0 Å². The van der Waals surface area contributed by atoms with Gasteiger partial charge in [-0.15, -0.1) is 0 Å². The fraction of sp³-hybridized carbons (Fsp3) is 0.300. The molecule has 0 radical (unpaired) electrons. The lowest BCUT2D eigenvalue weighted by atomic mass is 10.1. The maximum Gasteiger partial charge on any atom is 0.176 e. The van der Waals surface area contributed by atoms with Gasteiger partial charge in [-0.25, -0.2) is 0 Å². The van der Waals surface area contributed by atoms with Crippen LogP contribution < -0.4 is 10.5 Å². The van der Waals surface area contributed by atoms with Gasteiger partial charge in [-0.1, -0.05) is 15.9 Å². The van der Waals surface area contributed by atoms with Gasteiger partial charge in [0.05, 0.1) is 13.7 Å². The van der Waals surface area contributed by atoms with Gasteiger partial charge in [-0.3, -0.25) is 4.79 Å². The third-order valence-corrected chi connectivity index (χ3v) is 2.85. The predicted molar refractivity (Wildman–Crippen MR) is 58.8 cm³/mol. The summed E-state index contributed by atoms with van der Waals surface area (Å²) in [6.45, 7) is 1.93. The highest BCUT2D eigenvalue weighted by molar-refractivity contribution is 9.10. The van der Waals surface area contributed by atoms with Gasteiger partial charge in [0.25, 0.3) is 0 Å². The third-order valence-electron chi connectivity index (χ3n) is 2.02. The molecule has 3 nitrogen and oxygen atoms in total. The van der Waals surface area contributed by atoms with Crippen molar-refractivity contribution >= 4 is 21.7 Å². The first-order valence-electron chi connectivity index (χ1n) is 4.17. The van der Waals surface area contributed by atoms with E-state index in [1.807, 2.05) is 6.92 Å². The summed E-state index contributed by atoms with van der Waals surface area (Å²) in [6, 6.07) is 3.46. The zero-order valence-corrected chi connectivity index (χ0v) is 9.72. The molecule has 14 heavy (non-hydrogen) atoms. The van der Waals surface area contributed by atoms with Crippen LogP contribution in [0.15, 0.2) is 16.6 Å². The first-order valence-corrected chi connectivity index (χ1v) is 4.96. The number of ether oxygens (including phenoxy) is 1. The number of halogens is 1. The molecule has 0 saturated carbocycles. The number of ketones is 1. The Bertz CT molecular complexity index is 363. The van der Waals surface area contributed by atoms with Gasteiger partial charge in [0.1, 0.15) is 5.75 Å². The fourth-order valence-corrected chi connectivity index (χ4v) is 1.59. The van der Waals surface area contributed by atoms with Crippen LogP contribution in [0.5, 0.6) is 5.75 Å². The number of rotatable bonds is 3. The molecular formula is C10H12BrNO2. The Morgan fingerprint density at radius 3 is 2.71 bits per heavy atom. The van der Waals surface area contributed by atoms with Gasteiger partial charge in [-0.05, 0) is 19.1 Å². The number of carbonyl (C=O) groups excluding carboxylic acids is 1. The van der Waals surface area contributed by atoms with Gasteiger partial charge in [0.2, 0.25) is 0 Å². The molecule has 1 aromatic rings. The Kier molecular flexibility index (Phi) is 3.66. The SMILES string of the molecule is COc1cc(C(=O)CN)cc(Br)c1C. The highest BCUT2D eigenvalue weighted by atomic mass is 79.9. The molecule has 0 saturated heterocycles. The number of hydrogen-bond acceptors (Lipinski definition) is 3. The highest BCUT2D eigenvalue weighted by Crippen LogP contribution is 2.27. The second-order valence-electron chi connectivity index (χ2n) is 2.91. The van der Waals surface area contributed by atoms with Crippen molar-refractivity contribution in [3.05, 3.63) is 27.7 Å². The molecule has 1 rings (SSSR count). The van der Waals surface area contributed by atoms with Crippen molar-refractivity contribution in [2.24, 2.45) is 5.73 Å². The normalized spacial score (nSPS) is 10.0. The van der Waals surface area contributed by atoms with Crippen LogP contribution in [0.3, 0.4) is 0 Å². The van der Waals surface area contributed by atoms with E-state index in [1.165, 1.54) is 0 Å². The molecular weight excluding hydrogens is 246 g/mol. The standard InChI is InChI=1S/C10H12BrNO2/c1-6-8(11)3-7(9(13)5-12)4-10(6)14-2/h3-4H,5,12H2,1-2H3. The van der Waals surface area contributed by atoms with Crippen LogP contribution in [-0.4, -0.2) is 19.4 Å². The van der Waals surface area contributed by atoms with Crippen LogP contribution in [0.25, 0.3) is 0 Å². The van der Waals surface area contributed by atoms with Crippen molar-refractivity contribution in [2.45, 2.75) is 6.92 Å². The number of benzene rings is 1. The molecule has 0 bridgehead atoms. The number of Topliss-reactive ketones (excluding diaryl/α,β-unsaturated/α-hetero) is 1. The average Bonchev–Trinajstić information content (AvgIpc) is 2.20. The Balaban J connectivity index is 3.22. The molecule has 0 unspecified atom stereocenters. The van der Waals surface area contributed by atoms with Crippen LogP contribution in [0, 0.1) is 6.92 Å². The summed E-state index contributed by atoms with van der Waals surface area (Å²) in [5.41, 5.74) is 6.82. The van der Waals surface area contributed by atoms with Gasteiger partial charge in [0, 0.05) is 15.6 Å². The van der Waals surface area contributed by atoms with E-state index in [4.69, 9.17) is 10.5 Å². The van der Waals surface area contributed by atoms with Crippen LogP contribution in [0.4, 0.5) is 0 Å². The molecule has 0 atom stereocenters. The Hall–Kier alpha value is -0.870. The lowest BCUT2D eigenvalue weighted by molar-refractivity contribution is 0.100. The Labute approximate surface area is 91.4 Å². The summed E-state index contributed by atoms with van der Waals surface area (Å²) in [5, 5.41) is 0. The summed E-state index contributed by atoms with van der Waals surface area (Å²) < 4.78 is 5.99. The topological polar surface area (TPSA) is 52.3 Å². The maximum absolute atomic E-state index is 11.3. The number of methoxy groups -OCH3 is 1. The molecule has 2 N–H and O–H groups in total. The Morgan fingerprint density at radius 2 is 2.21 bits per heavy atom. The number of carbonyl (C=O) groups is 1. The van der Waals surface area contributed by atoms with Crippen molar-refractivity contribution in [3.8, 4) is 5.75 Å². The summed E-state index contributed by atoms with van der Waals surface area (Å²) in [5.74, 6) is 0.597. The summed E-state index contributed by atoms with van der Waals surface area (Å²) in [6.07, 6.45) is 0. The van der Waals surface area contributed by atoms with E-state index in [1.54, 1.807) is 19.2 Å². The molecule has 0 aliphatic carbocycles. The molecule has 0 aliphatic heterocycles. The zero-order valence-electron chi connectivity index (χ0n) is 8.13. The van der Waals surface area contributed by atoms with Crippen molar-refractivity contribution in [2.75, 3.05) is 13.7 Å². The molecule has 4 heteroatoms. The van der Waals surface area contributed by atoms with Crippen LogP contribution in [0.1, 0.15) is 15.9 Å². The van der Waals surface area contributed by atoms with Crippen molar-refractivity contribution in [3.63, 3.8) is 0 Å². The van der Waals surface area contributed by atoms with E-state index in [9.17, 15) is 4.79 Å². The molecule has 0 heterocycles. The molecule has 0 aliphatic rings. The summed E-state index contributed by atoms with van der Waals surface area (Å²) >= 11 is 3.36. The lowest BCUT2D eigenvalue weighted by Crippen LogP contribution is -2.13. The van der Waals surface area contributed by atoms with Gasteiger partial charge < -0.3 is 10.5 Å². The van der Waals surface area contributed by atoms with Crippen LogP contribution in [0.2, 0.25) is 0 Å². The van der Waals surface area contributed by atoms with Gasteiger partial charge in [-0.2, -0.15) is 0 Å². The fourth-order valence-electron chi connectivity index (χ4n) is 1.14. The van der Waals surface area contributed by atoms with Gasteiger partial charge in [0.15, 0.2) is 5.78 Å². The minimum Gasteiger partial charge on any atom is -0.496 e. The van der Waals surface area contributed by atoms with Crippen molar-refractivity contribution < 1.29 is 9.53 Å². The van der Waals surface area contributed by atoms with E-state index >= 15 is 0 Å². The Morgan fingerprint density at radius 1 is 1.57 bits per heavy atom. The summed E-state index contributed by atoms with van der Waals surface area (Å²) in [4.78, 5) is 11.3. The third kappa shape index (κ3) is 2.13. The average molecular weight is 258 g/mol. The number of hydrogen-bond donors (Lipinski definition) is 1. The molecule has 76 valence electrons. The quantitative estimate of drug-likeness (QED) is 0.842. The van der Waals surface area contributed by atoms with E-state index in [-0.39, 0.29) is 12.3 Å². The second kappa shape index (κ2) is 4.57. The first-order chi connectivity index (χ1) is 6.60. The lowest BCUT2D eigenvalue weighted by Gasteiger charge is -2.08. The van der Waals surface area contributed by atoms with Crippen LogP contribution >= 0.6 is 15.9 Å². The van der Waals surface area contributed by atoms with Crippen LogP contribution in [-0.2, 0) is 0 Å². The van der Waals surface area contributed by atoms with E-state index in [0.29, 0.717) is 11.3 Å². The maximum atomic E-state index is 11.3. The molecule has 0 amide bonds. The molecule has 0 aromatic heterocycles. The molecule has 0 fully saturated rings. The van der Waals surface area contributed by atoms with E-state index in [2.05, 4.69) is 15.9 Å². The number of nitrogens with two attached hydrogens (primary N) is 1. The highest BCUT2D eigenvalue weighted by Gasteiger charge is 2.10. The first kappa shape index (κ1) is 11.2.